The minimum atomic E-state index is -1.41. The van der Waals surface area contributed by atoms with Gasteiger partial charge in [0.05, 0.1) is 0 Å². The molecule has 2 rings (SSSR count). The molecule has 0 bridgehead atoms. The number of carbonyl (C=O) groups is 2. The van der Waals surface area contributed by atoms with E-state index in [0.717, 1.165) is 4.57 Å². The van der Waals surface area contributed by atoms with Crippen molar-refractivity contribution in [2.75, 3.05) is 12.3 Å². The normalized spacial score (nSPS) is 24.1. The first-order chi connectivity index (χ1) is 13.3. The molecule has 1 amide bonds. The van der Waals surface area contributed by atoms with Gasteiger partial charge in [0.2, 0.25) is 5.91 Å². The number of nitrogens with zero attached hydrogens (tertiary/aromatic N) is 2. The zero-order valence-electron chi connectivity index (χ0n) is 15.1. The van der Waals surface area contributed by atoms with Gasteiger partial charge in [0.15, 0.2) is 6.23 Å². The van der Waals surface area contributed by atoms with Crippen LogP contribution in [0.15, 0.2) is 17.1 Å². The summed E-state index contributed by atoms with van der Waals surface area (Å²) in [7, 11) is 0. The first-order valence-electron chi connectivity index (χ1n) is 8.78. The molecule has 1 aliphatic heterocycles. The van der Waals surface area contributed by atoms with E-state index in [-0.39, 0.29) is 25.3 Å². The molecule has 4 atom stereocenters. The summed E-state index contributed by atoms with van der Waals surface area (Å²) in [5.41, 5.74) is 6.19. The van der Waals surface area contributed by atoms with Crippen molar-refractivity contribution in [1.82, 2.24) is 15.0 Å². The van der Waals surface area contributed by atoms with Crippen LogP contribution in [0.3, 0.4) is 0 Å². The van der Waals surface area contributed by atoms with Crippen LogP contribution in [-0.2, 0) is 19.1 Å². The molecule has 0 unspecified atom stereocenters. The second-order valence-corrected chi connectivity index (χ2v) is 6.37. The second-order valence-electron chi connectivity index (χ2n) is 6.37. The standard InChI is InChI=1S/C16H24N4O8/c17-10-6-7-20(16(25)18-10)15-14(24)13(23)9(28-15)8-27-12(22)5-3-1-2-4-11(21)19-26/h6-7,9,13-15,23-24,26H,1-5,8H2,(H,19,21)(H2,17,18,25)/t9-,13-,14+,15-/m1/s1. The minimum Gasteiger partial charge on any atom is -0.463 e. The number of hydrogen-bond donors (Lipinski definition) is 5. The average molecular weight is 400 g/mol. The van der Waals surface area contributed by atoms with Crippen molar-refractivity contribution in [3.63, 3.8) is 0 Å². The number of nitrogens with two attached hydrogens (primary N) is 1. The molecule has 0 spiro atoms. The van der Waals surface area contributed by atoms with Crippen LogP contribution in [-0.4, -0.2) is 61.8 Å². The molecule has 0 saturated carbocycles. The second kappa shape index (κ2) is 10.1. The molecular formula is C16H24N4O8. The molecule has 1 aromatic rings. The van der Waals surface area contributed by atoms with Gasteiger partial charge < -0.3 is 25.4 Å². The van der Waals surface area contributed by atoms with Crippen molar-refractivity contribution < 1.29 is 34.5 Å². The summed E-state index contributed by atoms with van der Waals surface area (Å²) in [6.45, 7) is -0.294. The van der Waals surface area contributed by atoms with Gasteiger partial charge in [-0.2, -0.15) is 4.98 Å². The number of nitrogens with one attached hydrogen (secondary N) is 1. The minimum absolute atomic E-state index is 0.0109. The summed E-state index contributed by atoms with van der Waals surface area (Å²) >= 11 is 0. The Morgan fingerprint density at radius 2 is 1.96 bits per heavy atom. The average Bonchev–Trinajstić information content (AvgIpc) is 2.94. The number of aliphatic hydroxyl groups excluding tert-OH is 2. The van der Waals surface area contributed by atoms with Crippen LogP contribution in [0.25, 0.3) is 0 Å². The third kappa shape index (κ3) is 5.73. The van der Waals surface area contributed by atoms with E-state index in [1.807, 2.05) is 0 Å². The number of unbranched alkanes of at least 4 members (excludes halogenated alkanes) is 2. The highest BCUT2D eigenvalue weighted by Gasteiger charge is 2.44. The van der Waals surface area contributed by atoms with Gasteiger partial charge in [-0.1, -0.05) is 6.42 Å². The van der Waals surface area contributed by atoms with Crippen LogP contribution < -0.4 is 16.9 Å². The third-order valence-electron chi connectivity index (χ3n) is 4.28. The molecule has 0 radical (unpaired) electrons. The van der Waals surface area contributed by atoms with Gasteiger partial charge >= 0.3 is 11.7 Å². The zero-order chi connectivity index (χ0) is 20.7. The molecule has 28 heavy (non-hydrogen) atoms. The summed E-state index contributed by atoms with van der Waals surface area (Å²) in [5.74, 6) is -0.998. The van der Waals surface area contributed by atoms with E-state index in [0.29, 0.717) is 19.3 Å². The quantitative estimate of drug-likeness (QED) is 0.140. The van der Waals surface area contributed by atoms with Crippen LogP contribution in [0, 0.1) is 0 Å². The molecule has 1 aromatic heterocycles. The molecule has 12 nitrogen and oxygen atoms in total. The fraction of sp³-hybridized carbons (Fsp3) is 0.625. The summed E-state index contributed by atoms with van der Waals surface area (Å²) in [6, 6.07) is 1.35. The number of hydroxylamine groups is 1. The largest absolute Gasteiger partial charge is 0.463 e. The third-order valence-corrected chi connectivity index (χ3v) is 4.28. The number of amides is 1. The Balaban J connectivity index is 1.77. The van der Waals surface area contributed by atoms with Gasteiger partial charge in [-0.25, -0.2) is 10.3 Å². The summed E-state index contributed by atoms with van der Waals surface area (Å²) in [5, 5.41) is 28.6. The van der Waals surface area contributed by atoms with Crippen molar-refractivity contribution in [2.45, 2.75) is 56.6 Å². The topological polar surface area (TPSA) is 186 Å². The first-order valence-corrected chi connectivity index (χ1v) is 8.78. The maximum absolute atomic E-state index is 11.9. The Morgan fingerprint density at radius 1 is 1.25 bits per heavy atom. The Hall–Kier alpha value is -2.54. The lowest BCUT2D eigenvalue weighted by atomic mass is 10.1. The number of ether oxygens (including phenoxy) is 2. The fourth-order valence-electron chi connectivity index (χ4n) is 2.75. The maximum Gasteiger partial charge on any atom is 0.351 e. The van der Waals surface area contributed by atoms with Gasteiger partial charge in [-0.3, -0.25) is 19.4 Å². The highest BCUT2D eigenvalue weighted by molar-refractivity contribution is 5.74. The molecule has 2 heterocycles. The lowest BCUT2D eigenvalue weighted by Crippen LogP contribution is -2.36. The van der Waals surface area contributed by atoms with Crippen LogP contribution in [0.5, 0.6) is 0 Å². The van der Waals surface area contributed by atoms with E-state index in [2.05, 4.69) is 4.98 Å². The Bertz CT molecular complexity index is 740. The van der Waals surface area contributed by atoms with Crippen molar-refractivity contribution in [2.24, 2.45) is 0 Å². The summed E-state index contributed by atoms with van der Waals surface area (Å²) in [6.07, 6.45) is -1.81. The zero-order valence-corrected chi connectivity index (χ0v) is 15.1. The van der Waals surface area contributed by atoms with Crippen LogP contribution in [0.4, 0.5) is 5.82 Å². The number of nitrogen functional groups attached to an aromatic ring is 1. The number of esters is 1. The van der Waals surface area contributed by atoms with Crippen LogP contribution in [0.2, 0.25) is 0 Å². The van der Waals surface area contributed by atoms with E-state index in [4.69, 9.17) is 20.4 Å². The number of anilines is 1. The van der Waals surface area contributed by atoms with Crippen molar-refractivity contribution in [3.8, 4) is 0 Å². The van der Waals surface area contributed by atoms with Crippen molar-refractivity contribution in [1.29, 1.82) is 0 Å². The highest BCUT2D eigenvalue weighted by Crippen LogP contribution is 2.28. The van der Waals surface area contributed by atoms with Gasteiger partial charge in [0.1, 0.15) is 30.7 Å². The molecule has 156 valence electrons. The molecule has 0 aromatic carbocycles. The smallest absolute Gasteiger partial charge is 0.351 e. The number of rotatable bonds is 9. The van der Waals surface area contributed by atoms with Gasteiger partial charge in [0.25, 0.3) is 0 Å². The maximum atomic E-state index is 11.9. The molecule has 6 N–H and O–H groups in total. The predicted molar refractivity (Wildman–Crippen MR) is 92.8 cm³/mol. The summed E-state index contributed by atoms with van der Waals surface area (Å²) in [4.78, 5) is 38.0. The van der Waals surface area contributed by atoms with E-state index < -0.39 is 42.1 Å². The van der Waals surface area contributed by atoms with Crippen molar-refractivity contribution in [3.05, 3.63) is 22.7 Å². The van der Waals surface area contributed by atoms with Crippen LogP contribution >= 0.6 is 0 Å². The molecule has 1 fully saturated rings. The van der Waals surface area contributed by atoms with Crippen LogP contribution in [0.1, 0.15) is 38.3 Å². The SMILES string of the molecule is Nc1ccn([C@@H]2O[C@H](COC(=O)CCCCCC(=O)NO)[C@@H](O)[C@@H]2O)c(=O)n1. The highest BCUT2D eigenvalue weighted by atomic mass is 16.6. The Labute approximate surface area is 159 Å². The molecule has 1 saturated heterocycles. The Kier molecular flexibility index (Phi) is 7.87. The number of aliphatic hydroxyl groups is 2. The molecular weight excluding hydrogens is 376 g/mol. The monoisotopic (exact) mass is 400 g/mol. The Morgan fingerprint density at radius 3 is 2.64 bits per heavy atom. The number of aromatic nitrogens is 2. The first kappa shape index (κ1) is 21.8. The summed E-state index contributed by atoms with van der Waals surface area (Å²) < 4.78 is 11.5. The van der Waals surface area contributed by atoms with E-state index in [1.54, 1.807) is 0 Å². The predicted octanol–water partition coefficient (Wildman–Crippen LogP) is -1.56. The van der Waals surface area contributed by atoms with Gasteiger partial charge in [-0.05, 0) is 18.9 Å². The van der Waals surface area contributed by atoms with Crippen molar-refractivity contribution >= 4 is 17.7 Å². The lowest BCUT2D eigenvalue weighted by Gasteiger charge is -2.16. The number of carbonyl (C=O) groups excluding carboxylic acids is 2. The molecule has 0 aliphatic carbocycles. The van der Waals surface area contributed by atoms with Gasteiger partial charge in [-0.15, -0.1) is 0 Å². The van der Waals surface area contributed by atoms with E-state index in [1.165, 1.54) is 17.7 Å². The van der Waals surface area contributed by atoms with E-state index >= 15 is 0 Å². The molecule has 1 aliphatic rings. The number of hydrogen-bond acceptors (Lipinski definition) is 10. The fourth-order valence-corrected chi connectivity index (χ4v) is 2.75. The lowest BCUT2D eigenvalue weighted by molar-refractivity contribution is -0.150. The van der Waals surface area contributed by atoms with Gasteiger partial charge in [0, 0.05) is 19.0 Å². The van der Waals surface area contributed by atoms with E-state index in [9.17, 15) is 24.6 Å². The molecule has 12 heteroatoms.